The first-order valence-electron chi connectivity index (χ1n) is 7.06. The molecule has 1 aromatic carbocycles. The number of rotatable bonds is 8. The van der Waals surface area contributed by atoms with Crippen LogP contribution in [0, 0.1) is 0 Å². The van der Waals surface area contributed by atoms with Gasteiger partial charge in [-0.15, -0.1) is 0 Å². The maximum atomic E-state index is 12.0. The molecule has 1 N–H and O–H groups in total. The summed E-state index contributed by atoms with van der Waals surface area (Å²) in [4.78, 5) is 0. The number of benzene rings is 1. The van der Waals surface area contributed by atoms with E-state index in [0.717, 1.165) is 24.2 Å². The Balaban J connectivity index is 1.84. The summed E-state index contributed by atoms with van der Waals surface area (Å²) >= 11 is 0. The monoisotopic (exact) mass is 303 g/mol. The second-order valence-electron chi connectivity index (χ2n) is 5.19. The third kappa shape index (κ3) is 5.93. The van der Waals surface area contributed by atoms with Gasteiger partial charge in [0.2, 0.25) is 0 Å². The molecular weight excluding hydrogens is 283 g/mol. The normalized spacial score (nSPS) is 16.8. The fourth-order valence-corrected chi connectivity index (χ4v) is 2.05. The van der Waals surface area contributed by atoms with Crippen LogP contribution in [0.15, 0.2) is 24.3 Å². The van der Waals surface area contributed by atoms with Crippen molar-refractivity contribution in [3.63, 3.8) is 0 Å². The van der Waals surface area contributed by atoms with E-state index in [2.05, 4.69) is 10.1 Å². The van der Waals surface area contributed by atoms with Gasteiger partial charge in [-0.2, -0.15) is 13.2 Å². The summed E-state index contributed by atoms with van der Waals surface area (Å²) < 4.78 is 46.4. The molecule has 0 radical (unpaired) electrons. The standard InChI is InChI=1S/C15H20F3NO2/c1-19-14(7-8-20-10-15(16,17)18)11-3-2-4-13(9-11)21-12-5-6-12/h2-4,9,12,14,19H,5-8,10H2,1H3. The highest BCUT2D eigenvalue weighted by molar-refractivity contribution is 5.31. The third-order valence-electron chi connectivity index (χ3n) is 3.25. The minimum atomic E-state index is -4.27. The van der Waals surface area contributed by atoms with E-state index in [-0.39, 0.29) is 12.6 Å². The zero-order valence-electron chi connectivity index (χ0n) is 12.0. The molecule has 3 nitrogen and oxygen atoms in total. The third-order valence-corrected chi connectivity index (χ3v) is 3.25. The van der Waals surface area contributed by atoms with Crippen LogP contribution in [0.2, 0.25) is 0 Å². The van der Waals surface area contributed by atoms with Crippen LogP contribution in [0.5, 0.6) is 5.75 Å². The molecule has 0 spiro atoms. The van der Waals surface area contributed by atoms with Crippen molar-refractivity contribution < 1.29 is 22.6 Å². The second-order valence-corrected chi connectivity index (χ2v) is 5.19. The molecule has 1 fully saturated rings. The molecule has 1 aromatic rings. The van der Waals surface area contributed by atoms with Crippen molar-refractivity contribution in [1.29, 1.82) is 0 Å². The van der Waals surface area contributed by atoms with Crippen molar-refractivity contribution in [3.8, 4) is 5.75 Å². The van der Waals surface area contributed by atoms with E-state index in [9.17, 15) is 13.2 Å². The molecule has 2 rings (SSSR count). The molecule has 0 amide bonds. The Labute approximate surface area is 122 Å². The lowest BCUT2D eigenvalue weighted by molar-refractivity contribution is -0.174. The van der Waals surface area contributed by atoms with Crippen LogP contribution in [0.25, 0.3) is 0 Å². The highest BCUT2D eigenvalue weighted by Gasteiger charge is 2.27. The maximum absolute atomic E-state index is 12.0. The van der Waals surface area contributed by atoms with Gasteiger partial charge in [-0.3, -0.25) is 0 Å². The number of hydrogen-bond donors (Lipinski definition) is 1. The zero-order valence-corrected chi connectivity index (χ0v) is 12.0. The zero-order chi connectivity index (χ0) is 15.3. The van der Waals surface area contributed by atoms with Crippen molar-refractivity contribution in [2.45, 2.75) is 37.6 Å². The molecule has 1 unspecified atom stereocenters. The van der Waals surface area contributed by atoms with Crippen LogP contribution in [0.3, 0.4) is 0 Å². The molecule has 0 saturated heterocycles. The van der Waals surface area contributed by atoms with Gasteiger partial charge in [0.25, 0.3) is 0 Å². The molecule has 1 aliphatic rings. The first-order chi connectivity index (χ1) is 9.98. The highest BCUT2D eigenvalue weighted by atomic mass is 19.4. The van der Waals surface area contributed by atoms with Gasteiger partial charge in [-0.1, -0.05) is 12.1 Å². The van der Waals surface area contributed by atoms with Crippen LogP contribution in [-0.4, -0.2) is 32.5 Å². The second kappa shape index (κ2) is 7.13. The molecule has 1 atom stereocenters. The topological polar surface area (TPSA) is 30.5 Å². The predicted molar refractivity (Wildman–Crippen MR) is 73.4 cm³/mol. The Morgan fingerprint density at radius 1 is 1.33 bits per heavy atom. The van der Waals surface area contributed by atoms with Crippen LogP contribution in [-0.2, 0) is 4.74 Å². The fourth-order valence-electron chi connectivity index (χ4n) is 2.05. The van der Waals surface area contributed by atoms with Crippen molar-refractivity contribution in [2.24, 2.45) is 0 Å². The minimum Gasteiger partial charge on any atom is -0.490 e. The Kier molecular flexibility index (Phi) is 5.47. The smallest absolute Gasteiger partial charge is 0.411 e. The van der Waals surface area contributed by atoms with Crippen molar-refractivity contribution >= 4 is 0 Å². The van der Waals surface area contributed by atoms with Gasteiger partial charge < -0.3 is 14.8 Å². The number of hydrogen-bond acceptors (Lipinski definition) is 3. The highest BCUT2D eigenvalue weighted by Crippen LogP contribution is 2.29. The van der Waals surface area contributed by atoms with E-state index < -0.39 is 12.8 Å². The van der Waals surface area contributed by atoms with Crippen LogP contribution >= 0.6 is 0 Å². The fraction of sp³-hybridized carbons (Fsp3) is 0.600. The Morgan fingerprint density at radius 2 is 2.10 bits per heavy atom. The molecule has 118 valence electrons. The van der Waals surface area contributed by atoms with Crippen LogP contribution < -0.4 is 10.1 Å². The molecular formula is C15H20F3NO2. The van der Waals surface area contributed by atoms with Crippen molar-refractivity contribution in [2.75, 3.05) is 20.3 Å². The van der Waals surface area contributed by atoms with Crippen molar-refractivity contribution in [3.05, 3.63) is 29.8 Å². The molecule has 0 aromatic heterocycles. The number of ether oxygens (including phenoxy) is 2. The van der Waals surface area contributed by atoms with Gasteiger partial charge in [0, 0.05) is 12.6 Å². The van der Waals surface area contributed by atoms with Gasteiger partial charge in [-0.25, -0.2) is 0 Å². The molecule has 0 heterocycles. The summed E-state index contributed by atoms with van der Waals surface area (Å²) in [5, 5.41) is 3.10. The summed E-state index contributed by atoms with van der Waals surface area (Å²) in [5.41, 5.74) is 0.992. The molecule has 6 heteroatoms. The van der Waals surface area contributed by atoms with Crippen LogP contribution in [0.4, 0.5) is 13.2 Å². The number of alkyl halides is 3. The van der Waals surface area contributed by atoms with Crippen LogP contribution in [0.1, 0.15) is 30.9 Å². The first kappa shape index (κ1) is 16.1. The quantitative estimate of drug-likeness (QED) is 0.746. The summed E-state index contributed by atoms with van der Waals surface area (Å²) in [5.74, 6) is 0.812. The van der Waals surface area contributed by atoms with E-state index in [1.165, 1.54) is 0 Å². The van der Waals surface area contributed by atoms with Gasteiger partial charge in [0.05, 0.1) is 6.10 Å². The Morgan fingerprint density at radius 3 is 2.71 bits per heavy atom. The average Bonchev–Trinajstić information content (AvgIpc) is 3.22. The van der Waals surface area contributed by atoms with Gasteiger partial charge in [0.15, 0.2) is 0 Å². The van der Waals surface area contributed by atoms with E-state index in [1.807, 2.05) is 24.3 Å². The number of halogens is 3. The van der Waals surface area contributed by atoms with E-state index in [0.29, 0.717) is 12.5 Å². The molecule has 0 bridgehead atoms. The summed E-state index contributed by atoms with van der Waals surface area (Å²) in [7, 11) is 1.78. The first-order valence-corrected chi connectivity index (χ1v) is 7.06. The Bertz CT molecular complexity index is 447. The van der Waals surface area contributed by atoms with Gasteiger partial charge in [-0.05, 0) is 44.0 Å². The Hall–Kier alpha value is -1.27. The largest absolute Gasteiger partial charge is 0.490 e. The lowest BCUT2D eigenvalue weighted by Gasteiger charge is -2.18. The average molecular weight is 303 g/mol. The predicted octanol–water partition coefficient (Wildman–Crippen LogP) is 3.46. The minimum absolute atomic E-state index is 0.0543. The maximum Gasteiger partial charge on any atom is 0.411 e. The van der Waals surface area contributed by atoms with Gasteiger partial charge in [0.1, 0.15) is 12.4 Å². The lowest BCUT2D eigenvalue weighted by atomic mass is 10.0. The molecule has 1 aliphatic carbocycles. The summed E-state index contributed by atoms with van der Waals surface area (Å²) in [6.45, 7) is -1.15. The number of nitrogens with one attached hydrogen (secondary N) is 1. The summed E-state index contributed by atoms with van der Waals surface area (Å²) in [6.07, 6.45) is -1.30. The van der Waals surface area contributed by atoms with Gasteiger partial charge >= 0.3 is 6.18 Å². The molecule has 1 saturated carbocycles. The van der Waals surface area contributed by atoms with E-state index >= 15 is 0 Å². The summed E-state index contributed by atoms with van der Waals surface area (Å²) in [6, 6.07) is 7.61. The lowest BCUT2D eigenvalue weighted by Crippen LogP contribution is -2.21. The van der Waals surface area contributed by atoms with E-state index in [4.69, 9.17) is 4.74 Å². The molecule has 0 aliphatic heterocycles. The van der Waals surface area contributed by atoms with E-state index in [1.54, 1.807) is 7.05 Å². The van der Waals surface area contributed by atoms with Crippen molar-refractivity contribution in [1.82, 2.24) is 5.32 Å². The molecule has 21 heavy (non-hydrogen) atoms. The SMILES string of the molecule is CNC(CCOCC(F)(F)F)c1cccc(OC2CC2)c1.